The maximum atomic E-state index is 13.6. The predicted octanol–water partition coefficient (Wildman–Crippen LogP) is 4.33. The van der Waals surface area contributed by atoms with Crippen molar-refractivity contribution in [2.24, 2.45) is 11.6 Å². The number of nitrogens with zero attached hydrogens (tertiary/aromatic N) is 1. The van der Waals surface area contributed by atoms with E-state index in [4.69, 9.17) is 11.6 Å². The van der Waals surface area contributed by atoms with Gasteiger partial charge in [0.1, 0.15) is 6.29 Å². The molecule has 1 saturated carbocycles. The van der Waals surface area contributed by atoms with Gasteiger partial charge in [-0.1, -0.05) is 61.2 Å². The molecule has 0 bridgehead atoms. The Bertz CT molecular complexity index is 1150. The number of nitrogens with two attached hydrogens (primary N) is 2. The van der Waals surface area contributed by atoms with E-state index in [2.05, 4.69) is 35.0 Å². The zero-order chi connectivity index (χ0) is 25.5. The smallest absolute Gasteiger partial charge is 0.258 e. The lowest BCUT2D eigenvalue weighted by atomic mass is 9.84. The molecule has 3 aromatic carbocycles. The molecule has 1 unspecified atom stereocenters. The van der Waals surface area contributed by atoms with Crippen molar-refractivity contribution in [1.82, 2.24) is 10.7 Å². The van der Waals surface area contributed by atoms with Crippen molar-refractivity contribution in [1.29, 1.82) is 0 Å². The van der Waals surface area contributed by atoms with Gasteiger partial charge in [0, 0.05) is 16.8 Å². The lowest BCUT2D eigenvalue weighted by Gasteiger charge is -2.25. The summed E-state index contributed by atoms with van der Waals surface area (Å²) in [5.74, 6) is 5.45. The molecule has 1 aliphatic carbocycles. The number of benzene rings is 3. The van der Waals surface area contributed by atoms with E-state index in [1.807, 2.05) is 43.3 Å². The standard InChI is InChI=1S/C29H35N5O2/c1-20-7-11-25(12-8-20)28(36)34(26-17-15-23(16-18-26)22-5-3-2-4-6-22)19-21-9-13-24(14-10-21)27(35)32-29(30)33-31/h7-18,22,29,33H,2-6,19,30-31H2,1H3,(H,32,35). The summed E-state index contributed by atoms with van der Waals surface area (Å²) in [6.45, 7) is 2.38. The first kappa shape index (κ1) is 25.6. The molecule has 0 saturated heterocycles. The van der Waals surface area contributed by atoms with Gasteiger partial charge in [-0.05, 0) is 73.2 Å². The molecule has 0 aromatic heterocycles. The Labute approximate surface area is 212 Å². The van der Waals surface area contributed by atoms with Gasteiger partial charge in [0.25, 0.3) is 11.8 Å². The number of rotatable bonds is 8. The third kappa shape index (κ3) is 6.37. The third-order valence-electron chi connectivity index (χ3n) is 6.85. The molecule has 0 heterocycles. The van der Waals surface area contributed by atoms with Crippen LogP contribution in [-0.2, 0) is 6.54 Å². The highest BCUT2D eigenvalue weighted by molar-refractivity contribution is 6.06. The van der Waals surface area contributed by atoms with Crippen LogP contribution in [0.2, 0.25) is 0 Å². The first-order valence-electron chi connectivity index (χ1n) is 12.5. The van der Waals surface area contributed by atoms with E-state index in [0.29, 0.717) is 23.6 Å². The van der Waals surface area contributed by atoms with Crippen LogP contribution in [0.5, 0.6) is 0 Å². The average Bonchev–Trinajstić information content (AvgIpc) is 2.92. The van der Waals surface area contributed by atoms with Gasteiger partial charge in [-0.15, -0.1) is 0 Å². The molecule has 7 heteroatoms. The van der Waals surface area contributed by atoms with Gasteiger partial charge in [-0.3, -0.25) is 21.2 Å². The van der Waals surface area contributed by atoms with E-state index < -0.39 is 6.29 Å². The molecule has 1 aliphatic rings. The minimum atomic E-state index is -0.837. The zero-order valence-corrected chi connectivity index (χ0v) is 20.7. The molecule has 36 heavy (non-hydrogen) atoms. The normalized spacial score (nSPS) is 14.8. The van der Waals surface area contributed by atoms with Crippen LogP contribution in [0.4, 0.5) is 5.69 Å². The van der Waals surface area contributed by atoms with E-state index in [1.165, 1.54) is 37.7 Å². The SMILES string of the molecule is Cc1ccc(C(=O)N(Cc2ccc(C(=O)NC(N)NN)cc2)c2ccc(C3CCCCC3)cc2)cc1. The highest BCUT2D eigenvalue weighted by Gasteiger charge is 2.20. The summed E-state index contributed by atoms with van der Waals surface area (Å²) in [6, 6.07) is 23.2. The van der Waals surface area contributed by atoms with Crippen LogP contribution in [0.15, 0.2) is 72.8 Å². The second-order valence-corrected chi connectivity index (χ2v) is 9.50. The number of hydrogen-bond donors (Lipinski definition) is 4. The Hall–Kier alpha value is -3.52. The van der Waals surface area contributed by atoms with E-state index in [0.717, 1.165) is 16.8 Å². The van der Waals surface area contributed by atoms with Crippen LogP contribution >= 0.6 is 0 Å². The van der Waals surface area contributed by atoms with E-state index in [-0.39, 0.29) is 11.8 Å². The molecule has 0 aliphatic heterocycles. The number of aryl methyl sites for hydroxylation is 1. The number of anilines is 1. The van der Waals surface area contributed by atoms with Gasteiger partial charge in [-0.25, -0.2) is 5.43 Å². The Morgan fingerprint density at radius 1 is 0.889 bits per heavy atom. The summed E-state index contributed by atoms with van der Waals surface area (Å²) in [7, 11) is 0. The summed E-state index contributed by atoms with van der Waals surface area (Å²) in [5.41, 5.74) is 13.2. The first-order valence-corrected chi connectivity index (χ1v) is 12.5. The third-order valence-corrected chi connectivity index (χ3v) is 6.85. The van der Waals surface area contributed by atoms with Gasteiger partial charge in [-0.2, -0.15) is 0 Å². The maximum Gasteiger partial charge on any atom is 0.258 e. The van der Waals surface area contributed by atoms with Crippen molar-refractivity contribution in [3.05, 3.63) is 101 Å². The molecular weight excluding hydrogens is 450 g/mol. The Morgan fingerprint density at radius 3 is 2.11 bits per heavy atom. The number of amides is 2. The van der Waals surface area contributed by atoms with Crippen molar-refractivity contribution in [2.45, 2.75) is 57.8 Å². The molecule has 1 atom stereocenters. The molecule has 188 valence electrons. The largest absolute Gasteiger partial charge is 0.323 e. The van der Waals surface area contributed by atoms with Crippen LogP contribution in [-0.4, -0.2) is 18.1 Å². The fourth-order valence-corrected chi connectivity index (χ4v) is 4.71. The predicted molar refractivity (Wildman–Crippen MR) is 143 cm³/mol. The van der Waals surface area contributed by atoms with Crippen molar-refractivity contribution < 1.29 is 9.59 Å². The minimum absolute atomic E-state index is 0.0674. The Kier molecular flexibility index (Phi) is 8.48. The van der Waals surface area contributed by atoms with Gasteiger partial charge < -0.3 is 10.2 Å². The van der Waals surface area contributed by atoms with Crippen LogP contribution in [0, 0.1) is 6.92 Å². The molecular formula is C29H35N5O2. The molecule has 0 radical (unpaired) electrons. The molecule has 7 nitrogen and oxygen atoms in total. The minimum Gasteiger partial charge on any atom is -0.323 e. The van der Waals surface area contributed by atoms with Crippen LogP contribution in [0.1, 0.15) is 75.4 Å². The molecule has 0 spiro atoms. The van der Waals surface area contributed by atoms with Crippen molar-refractivity contribution in [3.63, 3.8) is 0 Å². The van der Waals surface area contributed by atoms with Crippen LogP contribution in [0.25, 0.3) is 0 Å². The van der Waals surface area contributed by atoms with Gasteiger partial charge in [0.05, 0.1) is 6.54 Å². The number of carbonyl (C=O) groups excluding carboxylic acids is 2. The fourth-order valence-electron chi connectivity index (χ4n) is 4.71. The van der Waals surface area contributed by atoms with Gasteiger partial charge in [0.2, 0.25) is 0 Å². The van der Waals surface area contributed by atoms with Crippen molar-refractivity contribution in [2.75, 3.05) is 4.90 Å². The lowest BCUT2D eigenvalue weighted by molar-refractivity contribution is 0.0929. The summed E-state index contributed by atoms with van der Waals surface area (Å²) < 4.78 is 0. The summed E-state index contributed by atoms with van der Waals surface area (Å²) in [6.07, 6.45) is 5.52. The summed E-state index contributed by atoms with van der Waals surface area (Å²) >= 11 is 0. The molecule has 2 amide bonds. The highest BCUT2D eigenvalue weighted by atomic mass is 16.2. The zero-order valence-electron chi connectivity index (χ0n) is 20.7. The number of nitrogens with one attached hydrogen (secondary N) is 2. The number of hydrazine groups is 1. The molecule has 3 aromatic rings. The number of carbonyl (C=O) groups is 2. The monoisotopic (exact) mass is 485 g/mol. The van der Waals surface area contributed by atoms with Crippen LogP contribution < -0.4 is 27.2 Å². The van der Waals surface area contributed by atoms with E-state index in [1.54, 1.807) is 17.0 Å². The maximum absolute atomic E-state index is 13.6. The highest BCUT2D eigenvalue weighted by Crippen LogP contribution is 2.33. The average molecular weight is 486 g/mol. The second kappa shape index (κ2) is 11.9. The molecule has 1 fully saturated rings. The fraction of sp³-hybridized carbons (Fsp3) is 0.310. The molecule has 4 rings (SSSR count). The lowest BCUT2D eigenvalue weighted by Crippen LogP contribution is -2.54. The summed E-state index contributed by atoms with van der Waals surface area (Å²) in [4.78, 5) is 27.7. The first-order chi connectivity index (χ1) is 17.4. The summed E-state index contributed by atoms with van der Waals surface area (Å²) in [5, 5.41) is 2.55. The van der Waals surface area contributed by atoms with Gasteiger partial charge >= 0.3 is 0 Å². The van der Waals surface area contributed by atoms with Gasteiger partial charge in [0.15, 0.2) is 0 Å². The van der Waals surface area contributed by atoms with E-state index in [9.17, 15) is 9.59 Å². The quantitative estimate of drug-likeness (QED) is 0.216. The van der Waals surface area contributed by atoms with Crippen molar-refractivity contribution in [3.8, 4) is 0 Å². The second-order valence-electron chi connectivity index (χ2n) is 9.50. The Balaban J connectivity index is 1.57. The molecule has 6 N–H and O–H groups in total. The van der Waals surface area contributed by atoms with Crippen molar-refractivity contribution >= 4 is 17.5 Å². The van der Waals surface area contributed by atoms with E-state index >= 15 is 0 Å². The van der Waals surface area contributed by atoms with Crippen LogP contribution in [0.3, 0.4) is 0 Å². The Morgan fingerprint density at radius 2 is 1.50 bits per heavy atom. The topological polar surface area (TPSA) is 113 Å². The number of hydrogen-bond acceptors (Lipinski definition) is 5.